The molecule has 2 nitrogen and oxygen atoms in total. The molecular formula is C107H99Au6F7O2P6+6. The van der Waals surface area contributed by atoms with E-state index in [2.05, 4.69) is 255 Å². The van der Waals surface area contributed by atoms with Gasteiger partial charge in [0.15, 0.2) is 8.23 Å². The molecule has 0 radical (unpaired) electrons. The number of rotatable bonds is 17. The van der Waals surface area contributed by atoms with E-state index >= 15 is 0 Å². The molecular weight excluding hydrogens is 2820 g/mol. The molecule has 0 bridgehead atoms. The Morgan fingerprint density at radius 3 is 0.625 bits per heavy atom. The quantitative estimate of drug-likeness (QED) is 0.0226. The third-order valence-electron chi connectivity index (χ3n) is 21.8. The molecule has 128 heavy (non-hydrogen) atoms. The summed E-state index contributed by atoms with van der Waals surface area (Å²) in [5.41, 5.74) is 37.2. The smallest absolute Gasteiger partial charge is 0.366 e. The minimum absolute atomic E-state index is 0. The molecule has 0 N–H and O–H groups in total. The normalized spacial score (nSPS) is 11.7. The molecule has 678 valence electrons. The van der Waals surface area contributed by atoms with Crippen LogP contribution in [0.2, 0.25) is 0 Å². The van der Waals surface area contributed by atoms with Crippen molar-refractivity contribution >= 4 is 50.2 Å². The van der Waals surface area contributed by atoms with Crippen molar-refractivity contribution in [3.8, 4) is 102 Å². The second-order valence-electron chi connectivity index (χ2n) is 30.1. The van der Waals surface area contributed by atoms with E-state index in [1.54, 1.807) is 6.66 Å². The molecule has 0 saturated carbocycles. The van der Waals surface area contributed by atoms with Gasteiger partial charge in [0.25, 0.3) is 0 Å². The maximum atomic E-state index is 12.1. The van der Waals surface area contributed by atoms with Crippen molar-refractivity contribution in [2.75, 3.05) is 71.2 Å². The summed E-state index contributed by atoms with van der Waals surface area (Å²) in [7, 11) is -8.33. The number of hydrogen-bond donors (Lipinski definition) is 0. The van der Waals surface area contributed by atoms with Crippen molar-refractivity contribution in [1.82, 2.24) is 0 Å². The predicted octanol–water partition coefficient (Wildman–Crippen LogP) is 28.9. The molecule has 0 spiro atoms. The van der Waals surface area contributed by atoms with Crippen molar-refractivity contribution < 1.29 is 173 Å². The summed E-state index contributed by atoms with van der Waals surface area (Å²) < 4.78 is 91.8. The van der Waals surface area contributed by atoms with Crippen LogP contribution in [0.15, 0.2) is 255 Å². The van der Waals surface area contributed by atoms with Crippen LogP contribution in [-0.2, 0) is 182 Å². The molecule has 0 fully saturated rings. The first-order chi connectivity index (χ1) is 59.2. The first-order valence-corrected chi connectivity index (χ1v) is 51.5. The Morgan fingerprint density at radius 2 is 0.406 bits per heavy atom. The van der Waals surface area contributed by atoms with E-state index in [-0.39, 0.29) is 166 Å². The van der Waals surface area contributed by atoms with Crippen molar-refractivity contribution in [3.05, 3.63) is 393 Å². The maximum Gasteiger partial charge on any atom is 1.00 e. The van der Waals surface area contributed by atoms with Crippen LogP contribution in [0.25, 0.3) is 66.8 Å². The molecule has 21 heteroatoms. The van der Waals surface area contributed by atoms with Gasteiger partial charge in [-0.3, -0.25) is 35.5 Å². The fourth-order valence-electron chi connectivity index (χ4n) is 15.4. The van der Waals surface area contributed by atoms with Crippen molar-refractivity contribution in [3.63, 3.8) is 0 Å². The van der Waals surface area contributed by atoms with Crippen LogP contribution < -0.4 is 0 Å². The van der Waals surface area contributed by atoms with Gasteiger partial charge < -0.3 is 38.5 Å². The summed E-state index contributed by atoms with van der Waals surface area (Å²) in [4.78, 5) is 0. The topological polar surface area (TPSA) is 18.5 Å². The molecule has 6 aliphatic carbocycles. The van der Waals surface area contributed by atoms with Gasteiger partial charge in [0.2, 0.25) is 0 Å². The first kappa shape index (κ1) is 115. The Hall–Kier alpha value is -5.55. The Morgan fingerprint density at radius 1 is 0.227 bits per heavy atom. The van der Waals surface area contributed by atoms with Gasteiger partial charge in [-0.2, -0.15) is 0 Å². The van der Waals surface area contributed by atoms with E-state index in [9.17, 15) is 29.4 Å². The third kappa shape index (κ3) is 34.4. The van der Waals surface area contributed by atoms with Crippen LogP contribution >= 0.6 is 50.2 Å². The fourth-order valence-corrected chi connectivity index (χ4v) is 19.6. The van der Waals surface area contributed by atoms with E-state index in [1.807, 2.05) is 62.8 Å². The van der Waals surface area contributed by atoms with Crippen molar-refractivity contribution in [1.29, 1.82) is 0 Å². The second kappa shape index (κ2) is 60.6. The fraction of sp³-hybridized carbons (Fsp3) is 0.215. The first-order valence-electron chi connectivity index (χ1n) is 40.8. The molecule has 0 heterocycles. The maximum absolute atomic E-state index is 12.1. The van der Waals surface area contributed by atoms with Crippen molar-refractivity contribution in [2.24, 2.45) is 0 Å². The average molecular weight is 2920 g/mol. The third-order valence-corrected chi connectivity index (χ3v) is 28.5. The largest absolute Gasteiger partial charge is 1.00 e. The SMILES string of the molecule is CO[PH+](C)CCCC[PH+](C)OC.C[PH+](F)CCCC[PH+](F)F.F[PH+](F)CCCC[PH+](F)F.[Au+].[Au+].[Au+].[Au+].[Au+].[Au+].[C-]#Cc1ccc2c(c1)-c1ccccc1C2.[C-]#Cc1ccc2c(c1)-c1ccccc1C2.[C-]#Cc1ccc2c(c1)Cc1ccccc1-2.[C-]#Cc1ccc2c(c1)Cc1ccccc1-2.[C-]#Cc1ccc2c(c1)Cc1ccccc1-2.[C-]#Cc1ccc2c(c1)Cc1ccccc1-2. The second-order valence-corrected chi connectivity index (χ2v) is 40.1. The molecule has 0 saturated heterocycles. The summed E-state index contributed by atoms with van der Waals surface area (Å²) in [5, 5.41) is 0. The minimum Gasteiger partial charge on any atom is -0.366 e. The molecule has 3 atom stereocenters. The van der Waals surface area contributed by atoms with E-state index in [4.69, 9.17) is 47.6 Å². The number of halogens is 7. The standard InChI is InChI=1S/6C15H9.C8H20O2P2.C5H11F3P2.C4H8F4P2.6Au/c4*1-2-11-7-8-15-13(9-11)10-12-5-3-4-6-14(12)15;2*1-2-11-7-8-13-10-12-5-3-4-6-14(12)15(13)9-11;1-9-11(3)7-5-6-8-12(4)10-2;1-9(6)4-2-3-5-10(7)8;5-9(6)3-1-2-4-10(7)8;;;;;;/h6*3-9H,10H2;5-8H2,1-4H3;2-5H2,1H3;1-4H2;;;;;;/q6*-1;;;;6*+1/p+6. The van der Waals surface area contributed by atoms with Crippen LogP contribution in [0.4, 0.5) is 29.4 Å². The minimum atomic E-state index is -3.17. The summed E-state index contributed by atoms with van der Waals surface area (Å²) in [6.45, 7) is 6.00. The van der Waals surface area contributed by atoms with Gasteiger partial charge in [0.05, 0.1) is 52.7 Å². The molecule has 3 unspecified atom stereocenters. The number of hydrogen-bond acceptors (Lipinski definition) is 2. The Bertz CT molecular complexity index is 5240. The van der Waals surface area contributed by atoms with Crippen LogP contribution in [0.1, 0.15) is 139 Å². The summed E-state index contributed by atoms with van der Waals surface area (Å²) in [6.07, 6.45) is 55.9. The molecule has 12 aromatic carbocycles. The number of benzene rings is 12. The summed E-state index contributed by atoms with van der Waals surface area (Å²) in [6, 6.07) is 87.5. The average Bonchev–Trinajstić information content (AvgIpc) is 1.68. The Labute approximate surface area is 857 Å². The molecule has 0 amide bonds. The van der Waals surface area contributed by atoms with E-state index < -0.39 is 50.2 Å². The van der Waals surface area contributed by atoms with E-state index in [1.165, 1.54) is 159 Å². The monoisotopic (exact) mass is 2920 g/mol. The van der Waals surface area contributed by atoms with Gasteiger partial charge >= 0.3 is 160 Å². The van der Waals surface area contributed by atoms with Gasteiger partial charge in [-0.1, -0.05) is 208 Å². The van der Waals surface area contributed by atoms with Crippen LogP contribution in [0.3, 0.4) is 0 Å². The number of unbranched alkanes of at least 4 members (excludes halogenated alkanes) is 3. The zero-order valence-corrected chi connectivity index (χ0v) is 90.2. The van der Waals surface area contributed by atoms with Gasteiger partial charge in [-0.05, 0) is 214 Å². The molecule has 18 rings (SSSR count). The van der Waals surface area contributed by atoms with Gasteiger partial charge in [0, 0.05) is 0 Å². The van der Waals surface area contributed by atoms with Crippen LogP contribution in [-0.4, -0.2) is 71.2 Å². The molecule has 6 aliphatic rings. The number of fused-ring (bicyclic) bond motifs is 18. The Kier molecular flexibility index (Phi) is 54.4. The Balaban J connectivity index is 0.000000301. The van der Waals surface area contributed by atoms with E-state index in [0.29, 0.717) is 19.0 Å². The van der Waals surface area contributed by atoms with Crippen molar-refractivity contribution in [2.45, 2.75) is 77.0 Å². The predicted molar refractivity (Wildman–Crippen MR) is 512 cm³/mol. The van der Waals surface area contributed by atoms with Crippen LogP contribution in [0, 0.1) is 74.1 Å². The van der Waals surface area contributed by atoms with Gasteiger partial charge in [0.1, 0.15) is 34.8 Å². The molecule has 0 aliphatic heterocycles. The van der Waals surface area contributed by atoms with E-state index in [0.717, 1.165) is 71.9 Å². The zero-order valence-electron chi connectivity index (χ0n) is 71.2. The van der Waals surface area contributed by atoms with Crippen LogP contribution in [0.5, 0.6) is 0 Å². The molecule has 12 aromatic rings. The zero-order chi connectivity index (χ0) is 86.9. The van der Waals surface area contributed by atoms with Gasteiger partial charge in [-0.15, -0.1) is 106 Å². The summed E-state index contributed by atoms with van der Waals surface area (Å²) >= 11 is 0. The summed E-state index contributed by atoms with van der Waals surface area (Å²) in [5.74, 6) is 14.6. The van der Waals surface area contributed by atoms with Gasteiger partial charge in [-0.25, -0.2) is 9.05 Å². The molecule has 0 aromatic heterocycles.